The monoisotopic (exact) mass is 105 g/mol. The standard InChI is InChI=1S/C3H8NOP/c1-2(4)3(5)6/h2H,4,6H2,1H3. The van der Waals surface area contributed by atoms with Crippen LogP contribution in [0.15, 0.2) is 0 Å². The zero-order valence-corrected chi connectivity index (χ0v) is 4.79. The highest BCUT2D eigenvalue weighted by atomic mass is 31.0. The molecule has 0 radical (unpaired) electrons. The van der Waals surface area contributed by atoms with Crippen molar-refractivity contribution in [3.63, 3.8) is 0 Å². The average molecular weight is 105 g/mol. The molecule has 0 aliphatic heterocycles. The van der Waals surface area contributed by atoms with Gasteiger partial charge in [-0.1, -0.05) is 9.24 Å². The molecular formula is C3H8NOP. The summed E-state index contributed by atoms with van der Waals surface area (Å²) in [4.78, 5) is 9.98. The van der Waals surface area contributed by atoms with Gasteiger partial charge >= 0.3 is 0 Å². The molecule has 0 heterocycles. The molecule has 0 fully saturated rings. The van der Waals surface area contributed by atoms with Crippen LogP contribution in [0.3, 0.4) is 0 Å². The second-order valence-corrected chi connectivity index (χ2v) is 1.76. The molecule has 2 nitrogen and oxygen atoms in total. The van der Waals surface area contributed by atoms with Crippen LogP contribution in [0.4, 0.5) is 0 Å². The molecular weight excluding hydrogens is 97.0 g/mol. The fourth-order valence-electron chi connectivity index (χ4n) is 0. The van der Waals surface area contributed by atoms with Crippen molar-refractivity contribution in [2.24, 2.45) is 5.73 Å². The van der Waals surface area contributed by atoms with E-state index in [1.807, 2.05) is 9.24 Å². The summed E-state index contributed by atoms with van der Waals surface area (Å²) in [5.74, 6) is 0. The Balaban J connectivity index is 3.26. The van der Waals surface area contributed by atoms with E-state index < -0.39 is 0 Å². The molecule has 2 N–H and O–H groups in total. The van der Waals surface area contributed by atoms with Crippen LogP contribution in [0.1, 0.15) is 6.92 Å². The third kappa shape index (κ3) is 2.31. The van der Waals surface area contributed by atoms with E-state index in [4.69, 9.17) is 5.73 Å². The maximum absolute atomic E-state index is 9.98. The Kier molecular flexibility index (Phi) is 2.29. The predicted octanol–water partition coefficient (Wildman–Crippen LogP) is -0.265. The lowest BCUT2D eigenvalue weighted by atomic mass is 10.4. The summed E-state index contributed by atoms with van der Waals surface area (Å²) < 4.78 is 0. The Bertz CT molecular complexity index is 61.8. The summed E-state index contributed by atoms with van der Waals surface area (Å²) in [6, 6.07) is -0.324. The van der Waals surface area contributed by atoms with Crippen LogP contribution in [-0.2, 0) is 4.79 Å². The van der Waals surface area contributed by atoms with Gasteiger partial charge in [-0.25, -0.2) is 0 Å². The van der Waals surface area contributed by atoms with Gasteiger partial charge in [-0.3, -0.25) is 4.79 Å². The summed E-state index contributed by atoms with van der Waals surface area (Å²) in [6.07, 6.45) is 0. The van der Waals surface area contributed by atoms with Gasteiger partial charge in [-0.2, -0.15) is 0 Å². The summed E-state index contributed by atoms with van der Waals surface area (Å²) in [7, 11) is 2.01. The topological polar surface area (TPSA) is 43.1 Å². The molecule has 3 heteroatoms. The highest BCUT2D eigenvalue weighted by Gasteiger charge is 1.95. The van der Waals surface area contributed by atoms with Crippen molar-refractivity contribution in [2.75, 3.05) is 0 Å². The van der Waals surface area contributed by atoms with Crippen molar-refractivity contribution >= 4 is 14.8 Å². The number of rotatable bonds is 1. The van der Waals surface area contributed by atoms with Gasteiger partial charge in [-0.15, -0.1) is 0 Å². The SMILES string of the molecule is CC(N)C(=O)P. The lowest BCUT2D eigenvalue weighted by Gasteiger charge is -1.91. The molecule has 36 valence electrons. The molecule has 0 saturated heterocycles. The Morgan fingerprint density at radius 2 is 2.17 bits per heavy atom. The van der Waals surface area contributed by atoms with Crippen LogP contribution < -0.4 is 5.73 Å². The van der Waals surface area contributed by atoms with E-state index in [0.717, 1.165) is 0 Å². The first-order valence-corrected chi connectivity index (χ1v) is 2.27. The Hall–Kier alpha value is 0.0600. The molecule has 0 amide bonds. The molecule has 0 bridgehead atoms. The van der Waals surface area contributed by atoms with Gasteiger partial charge in [0.25, 0.3) is 0 Å². The van der Waals surface area contributed by atoms with Crippen LogP contribution in [0.25, 0.3) is 0 Å². The van der Waals surface area contributed by atoms with Crippen LogP contribution in [0.5, 0.6) is 0 Å². The molecule has 0 aromatic heterocycles. The van der Waals surface area contributed by atoms with Crippen molar-refractivity contribution in [2.45, 2.75) is 13.0 Å². The maximum atomic E-state index is 9.98. The molecule has 2 unspecified atom stereocenters. The van der Waals surface area contributed by atoms with Crippen molar-refractivity contribution in [3.05, 3.63) is 0 Å². The molecule has 0 saturated carbocycles. The molecule has 0 aromatic carbocycles. The summed E-state index contributed by atoms with van der Waals surface area (Å²) in [6.45, 7) is 1.65. The lowest BCUT2D eigenvalue weighted by molar-refractivity contribution is -0.111. The van der Waals surface area contributed by atoms with E-state index >= 15 is 0 Å². The maximum Gasteiger partial charge on any atom is 0.164 e. The number of nitrogens with two attached hydrogens (primary N) is 1. The molecule has 0 spiro atoms. The molecule has 0 aliphatic rings. The van der Waals surface area contributed by atoms with Crippen LogP contribution in [0, 0.1) is 0 Å². The van der Waals surface area contributed by atoms with Gasteiger partial charge < -0.3 is 5.73 Å². The molecule has 0 aromatic rings. The normalized spacial score (nSPS) is 13.8. The van der Waals surface area contributed by atoms with Crippen molar-refractivity contribution in [1.29, 1.82) is 0 Å². The quantitative estimate of drug-likeness (QED) is 0.466. The summed E-state index contributed by atoms with van der Waals surface area (Å²) in [5.41, 5.74) is 5.02. The number of carbonyl (C=O) groups is 1. The highest BCUT2D eigenvalue weighted by Crippen LogP contribution is 1.86. The summed E-state index contributed by atoms with van der Waals surface area (Å²) >= 11 is 0. The van der Waals surface area contributed by atoms with Crippen LogP contribution in [-0.4, -0.2) is 11.6 Å². The van der Waals surface area contributed by atoms with Crippen molar-refractivity contribution in [3.8, 4) is 0 Å². The van der Waals surface area contributed by atoms with Gasteiger partial charge in [0, 0.05) is 0 Å². The van der Waals surface area contributed by atoms with Crippen molar-refractivity contribution < 1.29 is 4.79 Å². The second-order valence-electron chi connectivity index (χ2n) is 1.19. The van der Waals surface area contributed by atoms with Gasteiger partial charge in [0.05, 0.1) is 6.04 Å². The Labute approximate surface area is 39.3 Å². The fourth-order valence-corrected chi connectivity index (χ4v) is 0. The first kappa shape index (κ1) is 6.06. The van der Waals surface area contributed by atoms with E-state index in [0.29, 0.717) is 0 Å². The van der Waals surface area contributed by atoms with Gasteiger partial charge in [0.2, 0.25) is 0 Å². The van der Waals surface area contributed by atoms with E-state index in [1.165, 1.54) is 0 Å². The molecule has 2 atom stereocenters. The number of hydrogen-bond donors (Lipinski definition) is 1. The Morgan fingerprint density at radius 1 is 2.00 bits per heavy atom. The molecule has 0 aliphatic carbocycles. The molecule has 6 heavy (non-hydrogen) atoms. The second kappa shape index (κ2) is 2.27. The van der Waals surface area contributed by atoms with Gasteiger partial charge in [0.1, 0.15) is 0 Å². The van der Waals surface area contributed by atoms with Gasteiger partial charge in [0.15, 0.2) is 5.52 Å². The van der Waals surface area contributed by atoms with Gasteiger partial charge in [-0.05, 0) is 6.92 Å². The zero-order valence-electron chi connectivity index (χ0n) is 3.64. The summed E-state index contributed by atoms with van der Waals surface area (Å²) in [5, 5.41) is 0. The fraction of sp³-hybridized carbons (Fsp3) is 0.667. The first-order chi connectivity index (χ1) is 2.64. The Morgan fingerprint density at radius 3 is 2.17 bits per heavy atom. The van der Waals surface area contributed by atoms with Crippen LogP contribution >= 0.6 is 9.24 Å². The van der Waals surface area contributed by atoms with Crippen molar-refractivity contribution in [1.82, 2.24) is 0 Å². The molecule has 0 rings (SSSR count). The third-order valence-electron chi connectivity index (χ3n) is 0.449. The number of hydrogen-bond acceptors (Lipinski definition) is 2. The third-order valence-corrected chi connectivity index (χ3v) is 0.975. The van der Waals surface area contributed by atoms with Crippen LogP contribution in [0.2, 0.25) is 0 Å². The van der Waals surface area contributed by atoms with E-state index in [2.05, 4.69) is 0 Å². The minimum absolute atomic E-state index is 0.0463. The van der Waals surface area contributed by atoms with E-state index in [1.54, 1.807) is 6.92 Å². The zero-order chi connectivity index (χ0) is 5.15. The largest absolute Gasteiger partial charge is 0.321 e. The van der Waals surface area contributed by atoms with E-state index in [9.17, 15) is 4.79 Å². The minimum Gasteiger partial charge on any atom is -0.321 e. The average Bonchev–Trinajstić information content (AvgIpc) is 1.36. The first-order valence-electron chi connectivity index (χ1n) is 1.69. The number of carbonyl (C=O) groups excluding carboxylic acids is 1. The predicted molar refractivity (Wildman–Crippen MR) is 28.4 cm³/mol. The minimum atomic E-state index is -0.324. The van der Waals surface area contributed by atoms with E-state index in [-0.39, 0.29) is 11.6 Å². The lowest BCUT2D eigenvalue weighted by Crippen LogP contribution is -2.21. The smallest absolute Gasteiger partial charge is 0.164 e. The highest BCUT2D eigenvalue weighted by molar-refractivity contribution is 7.40.